The molecule has 29 heavy (non-hydrogen) atoms. The minimum Gasteiger partial charge on any atom is -0.367 e. The summed E-state index contributed by atoms with van der Waals surface area (Å²) in [7, 11) is 0. The summed E-state index contributed by atoms with van der Waals surface area (Å²) in [5.74, 6) is 0.756. The van der Waals surface area contributed by atoms with Gasteiger partial charge in [-0.15, -0.1) is 5.10 Å². The van der Waals surface area contributed by atoms with Crippen molar-refractivity contribution >= 4 is 22.3 Å². The molecule has 2 atom stereocenters. The second-order valence-electron chi connectivity index (χ2n) is 7.89. The number of alkyl halides is 1. The van der Waals surface area contributed by atoms with Crippen LogP contribution in [0.25, 0.3) is 10.8 Å². The lowest BCUT2D eigenvalue weighted by Gasteiger charge is -2.24. The van der Waals surface area contributed by atoms with E-state index >= 15 is 0 Å². The Labute approximate surface area is 171 Å². The topological polar surface area (TPSA) is 53.1 Å². The summed E-state index contributed by atoms with van der Waals surface area (Å²) in [5.41, 5.74) is 4.34. The molecule has 0 aliphatic carbocycles. The zero-order valence-corrected chi connectivity index (χ0v) is 17.2. The lowest BCUT2D eigenvalue weighted by atomic mass is 10.0. The van der Waals surface area contributed by atoms with Crippen molar-refractivity contribution in [2.45, 2.75) is 33.0 Å². The molecular formula is C23H28FN5. The van der Waals surface area contributed by atoms with E-state index in [1.807, 2.05) is 6.92 Å². The van der Waals surface area contributed by atoms with Crippen LogP contribution in [0.1, 0.15) is 29.8 Å². The van der Waals surface area contributed by atoms with Gasteiger partial charge in [-0.2, -0.15) is 5.10 Å². The second-order valence-corrected chi connectivity index (χ2v) is 7.89. The molecule has 0 saturated carbocycles. The largest absolute Gasteiger partial charge is 0.367 e. The third-order valence-corrected chi connectivity index (χ3v) is 5.55. The Morgan fingerprint density at radius 1 is 1.14 bits per heavy atom. The highest BCUT2D eigenvalue weighted by Crippen LogP contribution is 2.30. The summed E-state index contributed by atoms with van der Waals surface area (Å²) < 4.78 is 14.1. The summed E-state index contributed by atoms with van der Waals surface area (Å²) in [6, 6.07) is 14.8. The maximum Gasteiger partial charge on any atom is 0.157 e. The molecule has 0 spiro atoms. The highest BCUT2D eigenvalue weighted by atomic mass is 19.1. The van der Waals surface area contributed by atoms with Gasteiger partial charge in [0.1, 0.15) is 6.17 Å². The van der Waals surface area contributed by atoms with Crippen molar-refractivity contribution in [1.82, 2.24) is 15.5 Å². The summed E-state index contributed by atoms with van der Waals surface area (Å²) in [4.78, 5) is 2.10. The highest BCUT2D eigenvalue weighted by Gasteiger charge is 2.19. The minimum atomic E-state index is -0.871. The van der Waals surface area contributed by atoms with Gasteiger partial charge in [-0.1, -0.05) is 35.9 Å². The van der Waals surface area contributed by atoms with Gasteiger partial charge in [0.15, 0.2) is 5.82 Å². The Morgan fingerprint density at radius 3 is 2.83 bits per heavy atom. The number of benzene rings is 2. The lowest BCUT2D eigenvalue weighted by Crippen LogP contribution is -2.30. The van der Waals surface area contributed by atoms with Crippen LogP contribution in [0.3, 0.4) is 0 Å². The van der Waals surface area contributed by atoms with E-state index in [0.29, 0.717) is 13.1 Å². The van der Waals surface area contributed by atoms with Crippen LogP contribution in [0.4, 0.5) is 15.9 Å². The lowest BCUT2D eigenvalue weighted by molar-refractivity contribution is 0.337. The van der Waals surface area contributed by atoms with Crippen LogP contribution < -0.4 is 15.5 Å². The molecule has 1 aliphatic rings. The summed E-state index contributed by atoms with van der Waals surface area (Å²) in [6.07, 6.45) is -0.871. The van der Waals surface area contributed by atoms with E-state index in [0.717, 1.165) is 41.1 Å². The number of anilines is 2. The number of aromatic nitrogens is 2. The van der Waals surface area contributed by atoms with Gasteiger partial charge in [-0.05, 0) is 38.5 Å². The zero-order chi connectivity index (χ0) is 20.4. The number of nitrogens with one attached hydrogen (secondary N) is 2. The zero-order valence-electron chi connectivity index (χ0n) is 17.2. The van der Waals surface area contributed by atoms with E-state index in [1.54, 1.807) is 0 Å². The molecule has 3 aromatic rings. The first-order valence-electron chi connectivity index (χ1n) is 10.2. The molecule has 0 unspecified atom stereocenters. The van der Waals surface area contributed by atoms with E-state index in [-0.39, 0.29) is 6.04 Å². The van der Waals surface area contributed by atoms with Crippen molar-refractivity contribution in [2.75, 3.05) is 36.4 Å². The first-order chi connectivity index (χ1) is 14.0. The molecule has 0 radical (unpaired) electrons. The highest BCUT2D eigenvalue weighted by molar-refractivity contribution is 5.95. The minimum absolute atomic E-state index is 0.0939. The van der Waals surface area contributed by atoms with Crippen molar-refractivity contribution in [3.05, 3.63) is 59.3 Å². The molecule has 1 saturated heterocycles. The number of nitrogens with zero attached hydrogens (tertiary/aromatic N) is 3. The van der Waals surface area contributed by atoms with Crippen LogP contribution in [0.5, 0.6) is 0 Å². The fourth-order valence-corrected chi connectivity index (χ4v) is 3.91. The fourth-order valence-electron chi connectivity index (χ4n) is 3.91. The number of aryl methyl sites for hydroxylation is 2. The summed E-state index contributed by atoms with van der Waals surface area (Å²) in [5, 5.41) is 17.6. The molecule has 2 aromatic carbocycles. The molecule has 1 aliphatic heterocycles. The van der Waals surface area contributed by atoms with Crippen molar-refractivity contribution in [1.29, 1.82) is 0 Å². The van der Waals surface area contributed by atoms with Crippen LogP contribution in [-0.4, -0.2) is 42.5 Å². The Morgan fingerprint density at radius 2 is 2.00 bits per heavy atom. The van der Waals surface area contributed by atoms with Crippen molar-refractivity contribution in [3.63, 3.8) is 0 Å². The van der Waals surface area contributed by atoms with Crippen LogP contribution >= 0.6 is 0 Å². The average Bonchev–Trinajstić information content (AvgIpc) is 2.94. The Hall–Kier alpha value is -2.73. The smallest absolute Gasteiger partial charge is 0.157 e. The molecule has 0 amide bonds. The van der Waals surface area contributed by atoms with Gasteiger partial charge in [0.2, 0.25) is 0 Å². The Kier molecular flexibility index (Phi) is 5.62. The molecule has 152 valence electrons. The summed E-state index contributed by atoms with van der Waals surface area (Å²) >= 11 is 0. The van der Waals surface area contributed by atoms with E-state index in [4.69, 9.17) is 0 Å². The number of fused-ring (bicyclic) bond motifs is 1. The first-order valence-corrected chi connectivity index (χ1v) is 10.2. The van der Waals surface area contributed by atoms with Gasteiger partial charge in [0.05, 0.1) is 18.3 Å². The van der Waals surface area contributed by atoms with Gasteiger partial charge < -0.3 is 15.5 Å². The standard InChI is InChI=1S/C23H28FN5/c1-15-5-4-6-18(11-15)16(2)26-23-22-12-20(7-8-21(22)17(3)27-28-23)29-10-9-25-13-19(24)14-29/h4-8,11-12,16,19,25H,9-10,13-14H2,1-3H3,(H,26,28)/t16-,19-/m1/s1. The molecule has 2 N–H and O–H groups in total. The SMILES string of the molecule is Cc1cccc([C@@H](C)Nc2nnc(C)c3ccc(N4CCNC[C@@H](F)C4)cc23)c1. The van der Waals surface area contributed by atoms with Gasteiger partial charge in [0.25, 0.3) is 0 Å². The van der Waals surface area contributed by atoms with Gasteiger partial charge in [-0.25, -0.2) is 4.39 Å². The van der Waals surface area contributed by atoms with Crippen molar-refractivity contribution in [3.8, 4) is 0 Å². The van der Waals surface area contributed by atoms with Crippen molar-refractivity contribution in [2.24, 2.45) is 0 Å². The van der Waals surface area contributed by atoms with Crippen LogP contribution in [0.2, 0.25) is 0 Å². The normalized spacial score (nSPS) is 18.5. The molecule has 1 fully saturated rings. The number of hydrogen-bond donors (Lipinski definition) is 2. The number of hydrogen-bond acceptors (Lipinski definition) is 5. The molecule has 6 heteroatoms. The maximum absolute atomic E-state index is 14.1. The molecule has 1 aromatic heterocycles. The quantitative estimate of drug-likeness (QED) is 0.697. The van der Waals surface area contributed by atoms with E-state index in [1.165, 1.54) is 11.1 Å². The molecular weight excluding hydrogens is 365 g/mol. The first kappa shape index (κ1) is 19.6. The third kappa shape index (κ3) is 4.32. The van der Waals surface area contributed by atoms with Crippen molar-refractivity contribution < 1.29 is 4.39 Å². The second kappa shape index (κ2) is 8.33. The van der Waals surface area contributed by atoms with Gasteiger partial charge in [-0.3, -0.25) is 0 Å². The fraction of sp³-hybridized carbons (Fsp3) is 0.391. The number of rotatable bonds is 4. The molecule has 0 bridgehead atoms. The van der Waals surface area contributed by atoms with Crippen LogP contribution in [-0.2, 0) is 0 Å². The Balaban J connectivity index is 1.69. The molecule has 4 rings (SSSR count). The Bertz CT molecular complexity index is 1010. The van der Waals surface area contributed by atoms with E-state index < -0.39 is 6.17 Å². The maximum atomic E-state index is 14.1. The van der Waals surface area contributed by atoms with E-state index in [9.17, 15) is 4.39 Å². The average molecular weight is 394 g/mol. The van der Waals surface area contributed by atoms with E-state index in [2.05, 4.69) is 82.0 Å². The summed E-state index contributed by atoms with van der Waals surface area (Å²) in [6.45, 7) is 8.57. The monoisotopic (exact) mass is 393 g/mol. The molecule has 2 heterocycles. The van der Waals surface area contributed by atoms with Gasteiger partial charge in [0, 0.05) is 36.1 Å². The van der Waals surface area contributed by atoms with Crippen LogP contribution in [0.15, 0.2) is 42.5 Å². The number of halogens is 1. The van der Waals surface area contributed by atoms with Gasteiger partial charge >= 0.3 is 0 Å². The predicted molar refractivity (Wildman–Crippen MR) is 117 cm³/mol. The van der Waals surface area contributed by atoms with Crippen LogP contribution in [0, 0.1) is 13.8 Å². The predicted octanol–water partition coefficient (Wildman–Crippen LogP) is 4.17. The third-order valence-electron chi connectivity index (χ3n) is 5.55. The molecule has 5 nitrogen and oxygen atoms in total.